The topological polar surface area (TPSA) is 40.5 Å². The molecule has 3 nitrogen and oxygen atoms in total. The van der Waals surface area contributed by atoms with Crippen molar-refractivity contribution in [3.05, 3.63) is 131 Å². The van der Waals surface area contributed by atoms with Crippen LogP contribution in [0.25, 0.3) is 11.1 Å². The smallest absolute Gasteiger partial charge is 0.416 e. The molecule has 0 fully saturated rings. The van der Waals surface area contributed by atoms with Crippen LogP contribution in [0.3, 0.4) is 0 Å². The standard InChI is InChI=1S/C31H28F3NO2/c1-22(24-12-6-3-7-13-24)35(21-23-10-4-2-5-11-23)29(20-30(36)37)27-16-8-14-25(18-27)26-15-9-17-28(19-26)31(32,33)34/h2-19,22,29H,20-21H2,1H3,(H,36,37)/t22-,29+/m1/s1. The van der Waals surface area contributed by atoms with Gasteiger partial charge >= 0.3 is 12.1 Å². The second-order valence-corrected chi connectivity index (χ2v) is 9.06. The van der Waals surface area contributed by atoms with E-state index in [-0.39, 0.29) is 12.5 Å². The number of carboxylic acid groups (broad SMARTS) is 1. The van der Waals surface area contributed by atoms with Gasteiger partial charge in [0.25, 0.3) is 0 Å². The summed E-state index contributed by atoms with van der Waals surface area (Å²) in [6.07, 6.45) is -4.60. The quantitative estimate of drug-likeness (QED) is 0.251. The summed E-state index contributed by atoms with van der Waals surface area (Å²) in [6.45, 7) is 2.55. The molecule has 0 radical (unpaired) electrons. The number of aliphatic carboxylic acids is 1. The van der Waals surface area contributed by atoms with E-state index in [0.717, 1.165) is 28.8 Å². The van der Waals surface area contributed by atoms with Crippen LogP contribution < -0.4 is 0 Å². The van der Waals surface area contributed by atoms with E-state index in [1.165, 1.54) is 6.07 Å². The van der Waals surface area contributed by atoms with Crippen LogP contribution in [0, 0.1) is 0 Å². The van der Waals surface area contributed by atoms with Crippen molar-refractivity contribution in [2.45, 2.75) is 38.1 Å². The maximum absolute atomic E-state index is 13.3. The van der Waals surface area contributed by atoms with Crippen molar-refractivity contribution in [1.29, 1.82) is 0 Å². The van der Waals surface area contributed by atoms with Crippen molar-refractivity contribution in [3.8, 4) is 11.1 Å². The van der Waals surface area contributed by atoms with Gasteiger partial charge in [-0.25, -0.2) is 0 Å². The van der Waals surface area contributed by atoms with E-state index >= 15 is 0 Å². The molecule has 4 aromatic carbocycles. The first-order valence-electron chi connectivity index (χ1n) is 12.1. The summed E-state index contributed by atoms with van der Waals surface area (Å²) in [6, 6.07) is 31.4. The van der Waals surface area contributed by atoms with Gasteiger partial charge in [0.2, 0.25) is 0 Å². The summed E-state index contributed by atoms with van der Waals surface area (Å²) in [4.78, 5) is 14.2. The van der Waals surface area contributed by atoms with Crippen LogP contribution in [0.2, 0.25) is 0 Å². The summed E-state index contributed by atoms with van der Waals surface area (Å²) < 4.78 is 40.0. The number of alkyl halides is 3. The van der Waals surface area contributed by atoms with Crippen LogP contribution in [0.4, 0.5) is 13.2 Å². The van der Waals surface area contributed by atoms with Gasteiger partial charge in [0.05, 0.1) is 12.0 Å². The van der Waals surface area contributed by atoms with Crippen LogP contribution in [0.1, 0.15) is 47.7 Å². The normalized spacial score (nSPS) is 13.3. The molecule has 0 unspecified atom stereocenters. The van der Waals surface area contributed by atoms with Crippen molar-refractivity contribution in [3.63, 3.8) is 0 Å². The average Bonchev–Trinajstić information content (AvgIpc) is 2.91. The minimum absolute atomic E-state index is 0.122. The summed E-state index contributed by atoms with van der Waals surface area (Å²) in [5, 5.41) is 9.87. The Hall–Kier alpha value is -3.90. The zero-order valence-electron chi connectivity index (χ0n) is 20.4. The first kappa shape index (κ1) is 26.2. The number of carbonyl (C=O) groups is 1. The third-order valence-electron chi connectivity index (χ3n) is 6.55. The minimum atomic E-state index is -4.45. The Balaban J connectivity index is 1.78. The summed E-state index contributed by atoms with van der Waals surface area (Å²) in [5.41, 5.74) is 3.12. The second-order valence-electron chi connectivity index (χ2n) is 9.06. The Morgan fingerprint density at radius 1 is 0.784 bits per heavy atom. The van der Waals surface area contributed by atoms with Crippen LogP contribution in [-0.4, -0.2) is 16.0 Å². The largest absolute Gasteiger partial charge is 0.481 e. The molecule has 0 saturated carbocycles. The molecule has 4 rings (SSSR count). The molecule has 37 heavy (non-hydrogen) atoms. The molecule has 1 N–H and O–H groups in total. The maximum atomic E-state index is 13.3. The van der Waals surface area contributed by atoms with E-state index < -0.39 is 23.8 Å². The van der Waals surface area contributed by atoms with Gasteiger partial charge in [-0.1, -0.05) is 91.0 Å². The van der Waals surface area contributed by atoms with Gasteiger partial charge in [0.1, 0.15) is 0 Å². The van der Waals surface area contributed by atoms with Gasteiger partial charge in [-0.2, -0.15) is 13.2 Å². The minimum Gasteiger partial charge on any atom is -0.481 e. The lowest BCUT2D eigenvalue weighted by molar-refractivity contribution is -0.139. The first-order valence-corrected chi connectivity index (χ1v) is 12.1. The van der Waals surface area contributed by atoms with E-state index in [0.29, 0.717) is 17.7 Å². The van der Waals surface area contributed by atoms with Crippen LogP contribution in [-0.2, 0) is 17.5 Å². The number of benzene rings is 4. The van der Waals surface area contributed by atoms with E-state index in [2.05, 4.69) is 4.90 Å². The fourth-order valence-corrected chi connectivity index (χ4v) is 4.63. The number of hydrogen-bond acceptors (Lipinski definition) is 2. The predicted octanol–water partition coefficient (Wildman–Crippen LogP) is 8.15. The molecule has 0 spiro atoms. The molecule has 0 saturated heterocycles. The highest BCUT2D eigenvalue weighted by Crippen LogP contribution is 2.37. The molecule has 2 atom stereocenters. The molecular weight excluding hydrogens is 475 g/mol. The molecule has 0 aliphatic carbocycles. The van der Waals surface area contributed by atoms with Gasteiger partial charge < -0.3 is 5.11 Å². The van der Waals surface area contributed by atoms with Crippen LogP contribution in [0.5, 0.6) is 0 Å². The number of rotatable bonds is 9. The molecule has 6 heteroatoms. The Bertz CT molecular complexity index is 1320. The monoisotopic (exact) mass is 503 g/mol. The Morgan fingerprint density at radius 2 is 1.35 bits per heavy atom. The number of carboxylic acids is 1. The average molecular weight is 504 g/mol. The molecule has 0 aliphatic heterocycles. The molecule has 0 amide bonds. The molecule has 0 bridgehead atoms. The first-order chi connectivity index (χ1) is 17.7. The van der Waals surface area contributed by atoms with E-state index in [1.54, 1.807) is 24.3 Å². The highest BCUT2D eigenvalue weighted by molar-refractivity contribution is 5.69. The number of nitrogens with zero attached hydrogens (tertiary/aromatic N) is 1. The van der Waals surface area contributed by atoms with E-state index in [4.69, 9.17) is 0 Å². The molecule has 0 aromatic heterocycles. The molecular formula is C31H28F3NO2. The van der Waals surface area contributed by atoms with Crippen molar-refractivity contribution < 1.29 is 23.1 Å². The van der Waals surface area contributed by atoms with Gasteiger partial charge in [-0.3, -0.25) is 9.69 Å². The van der Waals surface area contributed by atoms with Crippen molar-refractivity contribution in [1.82, 2.24) is 4.90 Å². The Morgan fingerprint density at radius 3 is 1.97 bits per heavy atom. The molecule has 0 heterocycles. The van der Waals surface area contributed by atoms with Crippen molar-refractivity contribution in [2.24, 2.45) is 0 Å². The maximum Gasteiger partial charge on any atom is 0.416 e. The SMILES string of the molecule is C[C@H](c1ccccc1)N(Cc1ccccc1)[C@@H](CC(=O)O)c1cccc(-c2cccc(C(F)(F)F)c2)c1. The lowest BCUT2D eigenvalue weighted by atomic mass is 9.93. The van der Waals surface area contributed by atoms with Crippen molar-refractivity contribution in [2.75, 3.05) is 0 Å². The van der Waals surface area contributed by atoms with E-state index in [1.807, 2.05) is 73.7 Å². The van der Waals surface area contributed by atoms with Crippen LogP contribution >= 0.6 is 0 Å². The predicted molar refractivity (Wildman–Crippen MR) is 139 cm³/mol. The lowest BCUT2D eigenvalue weighted by Gasteiger charge is -2.37. The zero-order valence-corrected chi connectivity index (χ0v) is 20.4. The zero-order chi connectivity index (χ0) is 26.4. The third kappa shape index (κ3) is 6.66. The molecule has 190 valence electrons. The van der Waals surface area contributed by atoms with E-state index in [9.17, 15) is 23.1 Å². The summed E-state index contributed by atoms with van der Waals surface area (Å²) >= 11 is 0. The summed E-state index contributed by atoms with van der Waals surface area (Å²) in [5.74, 6) is -0.951. The highest BCUT2D eigenvalue weighted by atomic mass is 19.4. The fraction of sp³-hybridized carbons (Fsp3) is 0.194. The molecule has 0 aliphatic rings. The summed E-state index contributed by atoms with van der Waals surface area (Å²) in [7, 11) is 0. The molecule has 4 aromatic rings. The highest BCUT2D eigenvalue weighted by Gasteiger charge is 2.31. The number of hydrogen-bond donors (Lipinski definition) is 1. The Labute approximate surface area is 214 Å². The second kappa shape index (κ2) is 11.4. The third-order valence-corrected chi connectivity index (χ3v) is 6.55. The Kier molecular flexibility index (Phi) is 8.09. The van der Waals surface area contributed by atoms with Gasteiger partial charge in [-0.05, 0) is 52.9 Å². The number of halogens is 3. The van der Waals surface area contributed by atoms with Gasteiger partial charge in [0, 0.05) is 18.6 Å². The van der Waals surface area contributed by atoms with Gasteiger partial charge in [-0.15, -0.1) is 0 Å². The van der Waals surface area contributed by atoms with Gasteiger partial charge in [0.15, 0.2) is 0 Å². The lowest BCUT2D eigenvalue weighted by Crippen LogP contribution is -2.32. The van der Waals surface area contributed by atoms with Crippen molar-refractivity contribution >= 4 is 5.97 Å². The van der Waals surface area contributed by atoms with Crippen LogP contribution in [0.15, 0.2) is 109 Å². The fourth-order valence-electron chi connectivity index (χ4n) is 4.63.